The van der Waals surface area contributed by atoms with Crippen molar-refractivity contribution in [2.24, 2.45) is 0 Å². The van der Waals surface area contributed by atoms with E-state index < -0.39 is 29.0 Å². The van der Waals surface area contributed by atoms with Crippen LogP contribution in [0.15, 0.2) is 0 Å². The van der Waals surface area contributed by atoms with Crippen LogP contribution in [-0.4, -0.2) is 63.4 Å². The molecule has 0 atom stereocenters. The maximum atomic E-state index is 12.8. The first-order valence-electron chi connectivity index (χ1n) is 8.72. The molecule has 8 nitrogen and oxygen atoms in total. The summed E-state index contributed by atoms with van der Waals surface area (Å²) in [7, 11) is 1.63. The zero-order valence-corrected chi connectivity index (χ0v) is 15.1. The SMILES string of the molecule is CN1C(=O)N(CC(=O)NC(C)(C)CCC(=O)O)C(=O)C12CCCCC2. The van der Waals surface area contributed by atoms with Crippen LogP contribution in [0.4, 0.5) is 4.79 Å². The fourth-order valence-corrected chi connectivity index (χ4v) is 3.71. The molecule has 2 fully saturated rings. The van der Waals surface area contributed by atoms with Gasteiger partial charge in [0.2, 0.25) is 5.91 Å². The molecule has 1 heterocycles. The number of amides is 4. The zero-order chi connectivity index (χ0) is 18.8. The summed E-state index contributed by atoms with van der Waals surface area (Å²) in [5, 5.41) is 11.5. The van der Waals surface area contributed by atoms with E-state index in [4.69, 9.17) is 5.11 Å². The molecular formula is C17H27N3O5. The lowest BCUT2D eigenvalue weighted by Crippen LogP contribution is -2.51. The Balaban J connectivity index is 2.02. The zero-order valence-electron chi connectivity index (χ0n) is 15.1. The Morgan fingerprint density at radius 3 is 2.36 bits per heavy atom. The van der Waals surface area contributed by atoms with Gasteiger partial charge in [-0.05, 0) is 33.1 Å². The van der Waals surface area contributed by atoms with Gasteiger partial charge in [-0.2, -0.15) is 0 Å². The van der Waals surface area contributed by atoms with Crippen molar-refractivity contribution in [2.45, 2.75) is 69.9 Å². The first-order valence-corrected chi connectivity index (χ1v) is 8.72. The van der Waals surface area contributed by atoms with Gasteiger partial charge in [0.25, 0.3) is 5.91 Å². The minimum atomic E-state index is -0.937. The molecule has 8 heteroatoms. The van der Waals surface area contributed by atoms with Crippen LogP contribution in [0, 0.1) is 0 Å². The molecule has 0 radical (unpaired) electrons. The molecule has 2 N–H and O–H groups in total. The molecule has 1 aliphatic carbocycles. The summed E-state index contributed by atoms with van der Waals surface area (Å²) in [6.45, 7) is 3.10. The lowest BCUT2D eigenvalue weighted by atomic mass is 9.81. The summed E-state index contributed by atoms with van der Waals surface area (Å²) in [4.78, 5) is 50.8. The van der Waals surface area contributed by atoms with Crippen LogP contribution in [-0.2, 0) is 14.4 Å². The molecule has 1 spiro atoms. The maximum Gasteiger partial charge on any atom is 0.327 e. The van der Waals surface area contributed by atoms with Crippen LogP contribution in [0.3, 0.4) is 0 Å². The highest BCUT2D eigenvalue weighted by molar-refractivity contribution is 6.09. The summed E-state index contributed by atoms with van der Waals surface area (Å²) < 4.78 is 0. The molecule has 1 saturated heterocycles. The molecule has 4 amide bonds. The Morgan fingerprint density at radius 1 is 1.20 bits per heavy atom. The van der Waals surface area contributed by atoms with Crippen LogP contribution in [0.5, 0.6) is 0 Å². The van der Waals surface area contributed by atoms with Gasteiger partial charge in [-0.25, -0.2) is 4.79 Å². The van der Waals surface area contributed by atoms with Gasteiger partial charge >= 0.3 is 12.0 Å². The molecule has 0 bridgehead atoms. The number of aliphatic carboxylic acids is 1. The predicted octanol–water partition coefficient (Wildman–Crippen LogP) is 1.34. The summed E-state index contributed by atoms with van der Waals surface area (Å²) in [5.74, 6) is -1.69. The van der Waals surface area contributed by atoms with Crippen LogP contribution in [0.1, 0.15) is 58.8 Å². The molecular weight excluding hydrogens is 326 g/mol. The second-order valence-electron chi connectivity index (χ2n) is 7.65. The summed E-state index contributed by atoms with van der Waals surface area (Å²) >= 11 is 0. The summed E-state index contributed by atoms with van der Waals surface area (Å²) in [6.07, 6.45) is 4.31. The fourth-order valence-electron chi connectivity index (χ4n) is 3.71. The molecule has 0 aromatic heterocycles. The molecule has 2 aliphatic rings. The van der Waals surface area contributed by atoms with Gasteiger partial charge in [0.05, 0.1) is 0 Å². The number of carboxylic acids is 1. The monoisotopic (exact) mass is 353 g/mol. The number of rotatable bonds is 6. The van der Waals surface area contributed by atoms with E-state index in [2.05, 4.69) is 5.32 Å². The molecule has 0 unspecified atom stereocenters. The lowest BCUT2D eigenvalue weighted by molar-refractivity contribution is -0.138. The number of carbonyl (C=O) groups is 4. The smallest absolute Gasteiger partial charge is 0.327 e. The van der Waals surface area contributed by atoms with Crippen molar-refractivity contribution in [2.75, 3.05) is 13.6 Å². The normalized spacial score (nSPS) is 20.3. The third-order valence-electron chi connectivity index (χ3n) is 5.23. The standard InChI is InChI=1S/C17H27N3O5/c1-16(2,10-7-13(22)23)18-12(21)11-20-14(24)17(19(3)15(20)25)8-5-4-6-9-17/h4-11H2,1-3H3,(H,18,21)(H,22,23). The number of likely N-dealkylation sites (N-methyl/N-ethyl adjacent to an activating group) is 1. The predicted molar refractivity (Wildman–Crippen MR) is 89.8 cm³/mol. The molecule has 0 aromatic rings. The minimum absolute atomic E-state index is 0.0687. The number of imide groups is 1. The third-order valence-corrected chi connectivity index (χ3v) is 5.23. The van der Waals surface area contributed by atoms with Gasteiger partial charge in [-0.1, -0.05) is 19.3 Å². The highest BCUT2D eigenvalue weighted by atomic mass is 16.4. The number of hydrogen-bond acceptors (Lipinski definition) is 4. The Labute approximate surface area is 147 Å². The van der Waals surface area contributed by atoms with E-state index in [1.54, 1.807) is 20.9 Å². The number of carboxylic acid groups (broad SMARTS) is 1. The average molecular weight is 353 g/mol. The third kappa shape index (κ3) is 3.93. The number of carbonyl (C=O) groups excluding carboxylic acids is 3. The van der Waals surface area contributed by atoms with Gasteiger partial charge in [0.1, 0.15) is 12.1 Å². The first-order chi connectivity index (χ1) is 11.6. The van der Waals surface area contributed by atoms with E-state index in [9.17, 15) is 19.2 Å². The second-order valence-corrected chi connectivity index (χ2v) is 7.65. The van der Waals surface area contributed by atoms with Gasteiger partial charge in [0.15, 0.2) is 0 Å². The Kier molecular flexibility index (Phi) is 5.39. The molecule has 1 aliphatic heterocycles. The van der Waals surface area contributed by atoms with Crippen molar-refractivity contribution in [3.05, 3.63) is 0 Å². The second kappa shape index (κ2) is 7.01. The van der Waals surface area contributed by atoms with Crippen LogP contribution >= 0.6 is 0 Å². The largest absolute Gasteiger partial charge is 0.481 e. The molecule has 140 valence electrons. The van der Waals surface area contributed by atoms with Crippen molar-refractivity contribution < 1.29 is 24.3 Å². The summed E-state index contributed by atoms with van der Waals surface area (Å²) in [6, 6.07) is -0.439. The Morgan fingerprint density at radius 2 is 1.80 bits per heavy atom. The lowest BCUT2D eigenvalue weighted by Gasteiger charge is -2.35. The van der Waals surface area contributed by atoms with E-state index >= 15 is 0 Å². The topological polar surface area (TPSA) is 107 Å². The number of urea groups is 1. The van der Waals surface area contributed by atoms with E-state index in [1.807, 2.05) is 0 Å². The van der Waals surface area contributed by atoms with Crippen molar-refractivity contribution in [1.29, 1.82) is 0 Å². The van der Waals surface area contributed by atoms with E-state index in [0.29, 0.717) is 12.8 Å². The van der Waals surface area contributed by atoms with Crippen LogP contribution in [0.25, 0.3) is 0 Å². The average Bonchev–Trinajstić information content (AvgIpc) is 2.70. The highest BCUT2D eigenvalue weighted by Crippen LogP contribution is 2.39. The number of hydrogen-bond donors (Lipinski definition) is 2. The van der Waals surface area contributed by atoms with Gasteiger partial charge in [-0.15, -0.1) is 0 Å². The number of nitrogens with zero attached hydrogens (tertiary/aromatic N) is 2. The van der Waals surface area contributed by atoms with Crippen molar-refractivity contribution in [3.8, 4) is 0 Å². The maximum absolute atomic E-state index is 12.8. The van der Waals surface area contributed by atoms with Gasteiger partial charge in [-0.3, -0.25) is 19.3 Å². The Hall–Kier alpha value is -2.12. The minimum Gasteiger partial charge on any atom is -0.481 e. The fraction of sp³-hybridized carbons (Fsp3) is 0.765. The van der Waals surface area contributed by atoms with Crippen molar-refractivity contribution in [1.82, 2.24) is 15.1 Å². The molecule has 2 rings (SSSR count). The molecule has 0 aromatic carbocycles. The van der Waals surface area contributed by atoms with E-state index in [-0.39, 0.29) is 25.3 Å². The Bertz CT molecular complexity index is 581. The van der Waals surface area contributed by atoms with Crippen molar-refractivity contribution in [3.63, 3.8) is 0 Å². The van der Waals surface area contributed by atoms with Crippen LogP contribution < -0.4 is 5.32 Å². The van der Waals surface area contributed by atoms with Crippen molar-refractivity contribution >= 4 is 23.8 Å². The van der Waals surface area contributed by atoms with Crippen LogP contribution in [0.2, 0.25) is 0 Å². The first kappa shape index (κ1) is 19.2. The quantitative estimate of drug-likeness (QED) is 0.701. The van der Waals surface area contributed by atoms with Gasteiger partial charge < -0.3 is 15.3 Å². The summed E-state index contributed by atoms with van der Waals surface area (Å²) in [5.41, 5.74) is -1.52. The van der Waals surface area contributed by atoms with Gasteiger partial charge in [0, 0.05) is 19.0 Å². The number of nitrogens with one attached hydrogen (secondary N) is 1. The van der Waals surface area contributed by atoms with E-state index in [1.165, 1.54) is 4.90 Å². The molecule has 25 heavy (non-hydrogen) atoms. The highest BCUT2D eigenvalue weighted by Gasteiger charge is 2.55. The molecule has 1 saturated carbocycles. The van der Waals surface area contributed by atoms with E-state index in [0.717, 1.165) is 24.2 Å².